The third-order valence-corrected chi connectivity index (χ3v) is 3.12. The van der Waals surface area contributed by atoms with E-state index in [2.05, 4.69) is 0 Å². The minimum Gasteiger partial charge on any atom is -0.496 e. The summed E-state index contributed by atoms with van der Waals surface area (Å²) in [7, 11) is 0. The van der Waals surface area contributed by atoms with Crippen LogP contribution in [0.3, 0.4) is 0 Å². The van der Waals surface area contributed by atoms with E-state index < -0.39 is 20.1 Å². The highest BCUT2D eigenvalue weighted by atomic mass is 27.1. The first-order valence-corrected chi connectivity index (χ1v) is 5.15. The summed E-state index contributed by atoms with van der Waals surface area (Å²) in [5.41, 5.74) is 0. The Morgan fingerprint density at radius 2 is 2.40 bits per heavy atom. The third kappa shape index (κ3) is 2.70. The van der Waals surface area contributed by atoms with Gasteiger partial charge in [0.1, 0.15) is 0 Å². The predicted octanol–water partition coefficient (Wildman–Crippen LogP) is 0.627. The van der Waals surface area contributed by atoms with Gasteiger partial charge in [0.25, 0.3) is 0 Å². The average Bonchev–Trinajstić information content (AvgIpc) is 1.88. The maximum Gasteiger partial charge on any atom is 0.449 e. The molecule has 1 fully saturated rings. The fraction of sp³-hybridized carbons (Fsp3) is 0.833. The van der Waals surface area contributed by atoms with E-state index in [1.54, 1.807) is 0 Å². The van der Waals surface area contributed by atoms with E-state index in [1.165, 1.54) is 0 Å². The Balaban J connectivity index is 2.19. The topological polar surface area (TPSA) is 46.5 Å². The quantitative estimate of drug-likeness (QED) is 0.599. The first-order chi connectivity index (χ1) is 4.79. The van der Waals surface area contributed by atoms with Crippen molar-refractivity contribution in [1.29, 1.82) is 0 Å². The van der Waals surface area contributed by atoms with Crippen molar-refractivity contribution in [3.05, 3.63) is 0 Å². The van der Waals surface area contributed by atoms with Crippen molar-refractivity contribution in [3.8, 4) is 0 Å². The van der Waals surface area contributed by atoms with Gasteiger partial charge in [-0.2, -0.15) is 0 Å². The molecule has 0 aliphatic carbocycles. The van der Waals surface area contributed by atoms with Crippen molar-refractivity contribution < 1.29 is 14.6 Å². The summed E-state index contributed by atoms with van der Waals surface area (Å²) in [5.74, 6) is 0. The Morgan fingerprint density at radius 3 is 2.90 bits per heavy atom. The maximum absolute atomic E-state index is 10.2. The summed E-state index contributed by atoms with van der Waals surface area (Å²) in [6, 6.07) is 0. The monoisotopic (exact) mass is 158 g/mol. The molecule has 4 heteroatoms. The second-order valence-corrected chi connectivity index (χ2v) is 4.51. The molecule has 1 N–H and O–H groups in total. The standard InChI is InChI=1S/C5H9O.CHO2.Al.H/c1-2-4-6-5-3-1;2-1-3;;/h4H,1-3,5H2;(H,2,3);;. The van der Waals surface area contributed by atoms with E-state index in [-0.39, 0.29) is 4.97 Å². The van der Waals surface area contributed by atoms with E-state index in [4.69, 9.17) is 9.84 Å². The van der Waals surface area contributed by atoms with Crippen molar-refractivity contribution in [2.24, 2.45) is 0 Å². The number of carbonyl (C=O) groups is 1. The highest BCUT2D eigenvalue weighted by Crippen LogP contribution is 2.11. The molecule has 0 amide bonds. The summed E-state index contributed by atoms with van der Waals surface area (Å²) in [6.45, 7) is 0.769. The summed E-state index contributed by atoms with van der Waals surface area (Å²) in [5, 5.41) is 8.45. The van der Waals surface area contributed by atoms with Crippen molar-refractivity contribution in [1.82, 2.24) is 0 Å². The van der Waals surface area contributed by atoms with E-state index in [0.29, 0.717) is 0 Å². The molecule has 10 heavy (non-hydrogen) atoms. The molecule has 0 saturated carbocycles. The average molecular weight is 158 g/mol. The zero-order chi connectivity index (χ0) is 7.40. The molecule has 3 nitrogen and oxygen atoms in total. The van der Waals surface area contributed by atoms with Gasteiger partial charge in [0.2, 0.25) is 0 Å². The molecular weight excluding hydrogens is 147 g/mol. The smallest absolute Gasteiger partial charge is 0.449 e. The molecule has 0 aromatic carbocycles. The van der Waals surface area contributed by atoms with E-state index in [1.807, 2.05) is 0 Å². The molecule has 0 aromatic rings. The zero-order valence-corrected chi connectivity index (χ0v) is 7.29. The van der Waals surface area contributed by atoms with Crippen LogP contribution in [0.5, 0.6) is 0 Å². The van der Waals surface area contributed by atoms with Crippen molar-refractivity contribution >= 4 is 20.1 Å². The highest BCUT2D eigenvalue weighted by molar-refractivity contribution is 6.72. The van der Waals surface area contributed by atoms with Crippen molar-refractivity contribution in [2.75, 3.05) is 6.61 Å². The minimum absolute atomic E-state index is 0.117. The summed E-state index contributed by atoms with van der Waals surface area (Å²) in [6.07, 6.45) is 3.22. The molecule has 1 aliphatic heterocycles. The van der Waals surface area contributed by atoms with E-state index in [0.717, 1.165) is 25.9 Å². The van der Waals surface area contributed by atoms with Gasteiger partial charge in [0, 0.05) is 11.6 Å². The van der Waals surface area contributed by atoms with E-state index in [9.17, 15) is 4.79 Å². The van der Waals surface area contributed by atoms with Crippen LogP contribution in [0.1, 0.15) is 19.3 Å². The summed E-state index contributed by atoms with van der Waals surface area (Å²) in [4.78, 5) is 9.75. The van der Waals surface area contributed by atoms with Gasteiger partial charge in [0.05, 0.1) is 0 Å². The fourth-order valence-electron chi connectivity index (χ4n) is 1.16. The van der Waals surface area contributed by atoms with Crippen LogP contribution in [0.2, 0.25) is 0 Å². The van der Waals surface area contributed by atoms with Gasteiger partial charge in [0.15, 0.2) is 4.83 Å². The van der Waals surface area contributed by atoms with Crippen LogP contribution < -0.4 is 0 Å². The number of hydrogen-bond donors (Lipinski definition) is 1. The number of rotatable bonds is 2. The van der Waals surface area contributed by atoms with Crippen LogP contribution in [-0.2, 0) is 4.74 Å². The molecule has 0 aromatic heterocycles. The lowest BCUT2D eigenvalue weighted by Crippen LogP contribution is -2.29. The van der Waals surface area contributed by atoms with Gasteiger partial charge in [-0.25, -0.2) is 0 Å². The Morgan fingerprint density at radius 1 is 1.60 bits per heavy atom. The van der Waals surface area contributed by atoms with E-state index >= 15 is 0 Å². The first-order valence-electron chi connectivity index (χ1n) is 3.62. The Bertz CT molecular complexity index is 120. The number of carboxylic acid groups (broad SMARTS) is 1. The molecule has 0 radical (unpaired) electrons. The maximum atomic E-state index is 10.2. The van der Waals surface area contributed by atoms with Gasteiger partial charge in [-0.3, -0.25) is 4.79 Å². The van der Waals surface area contributed by atoms with Crippen LogP contribution in [-0.4, -0.2) is 36.7 Å². The molecule has 0 bridgehead atoms. The molecule has 1 aliphatic rings. The molecule has 1 heterocycles. The second kappa shape index (κ2) is 3.97. The highest BCUT2D eigenvalue weighted by Gasteiger charge is 2.20. The van der Waals surface area contributed by atoms with Crippen LogP contribution in [0, 0.1) is 0 Å². The summed E-state index contributed by atoms with van der Waals surface area (Å²) < 4.78 is 5.27. The Kier molecular flexibility index (Phi) is 3.20. The molecule has 1 saturated heterocycles. The minimum atomic E-state index is -1.01. The molecule has 1 unspecified atom stereocenters. The van der Waals surface area contributed by atoms with Crippen LogP contribution in [0.4, 0.5) is 4.79 Å². The number of hydrogen-bond acceptors (Lipinski definition) is 2. The van der Waals surface area contributed by atoms with Gasteiger partial charge in [-0.15, -0.1) is 0 Å². The fourth-order valence-corrected chi connectivity index (χ4v) is 2.33. The van der Waals surface area contributed by atoms with Gasteiger partial charge in [-0.05, 0) is 19.3 Å². The molecule has 0 spiro atoms. The zero-order valence-electron chi connectivity index (χ0n) is 5.88. The third-order valence-electron chi connectivity index (χ3n) is 1.68. The lowest BCUT2D eigenvalue weighted by atomic mass is 10.2. The predicted molar refractivity (Wildman–Crippen MR) is 38.8 cm³/mol. The van der Waals surface area contributed by atoms with Crippen molar-refractivity contribution in [3.63, 3.8) is 0 Å². The Hall–Kier alpha value is -0.0375. The van der Waals surface area contributed by atoms with Crippen molar-refractivity contribution in [2.45, 2.75) is 24.2 Å². The normalized spacial score (nSPS) is 25.8. The Labute approximate surface area is 66.1 Å². The molecular formula is C6H11AlO3. The molecule has 1 rings (SSSR count). The van der Waals surface area contributed by atoms with Gasteiger partial charge >= 0.3 is 15.2 Å². The largest absolute Gasteiger partial charge is 0.496 e. The van der Waals surface area contributed by atoms with Gasteiger partial charge < -0.3 is 9.84 Å². The van der Waals surface area contributed by atoms with Crippen LogP contribution in [0.25, 0.3) is 0 Å². The van der Waals surface area contributed by atoms with Crippen LogP contribution in [0.15, 0.2) is 0 Å². The van der Waals surface area contributed by atoms with Gasteiger partial charge in [-0.1, -0.05) is 0 Å². The SMILES string of the molecule is O=[C](O)[AlH][CH]1CCCCO1. The molecule has 56 valence electrons. The molecule has 1 atom stereocenters. The lowest BCUT2D eigenvalue weighted by molar-refractivity contribution is 0.0650. The first kappa shape index (κ1) is 8.06. The number of ether oxygens (including phenoxy) is 1. The van der Waals surface area contributed by atoms with Crippen LogP contribution >= 0.6 is 0 Å². The lowest BCUT2D eigenvalue weighted by Gasteiger charge is -2.19. The summed E-state index contributed by atoms with van der Waals surface area (Å²) >= 11 is -1.01. The second-order valence-electron chi connectivity index (χ2n) is 2.59.